The van der Waals surface area contributed by atoms with E-state index in [0.717, 1.165) is 24.3 Å². The second-order valence-corrected chi connectivity index (χ2v) is 9.56. The van der Waals surface area contributed by atoms with Crippen molar-refractivity contribution in [2.45, 2.75) is 57.3 Å². The molecule has 2 heterocycles. The molecular weight excluding hydrogens is 334 g/mol. The Bertz CT molecular complexity index is 709. The molecule has 2 aliphatic carbocycles. The number of amides is 1. The molecule has 2 saturated carbocycles. The lowest BCUT2D eigenvalue weighted by atomic mass is 9.58. The summed E-state index contributed by atoms with van der Waals surface area (Å²) in [6.07, 6.45) is 9.85. The maximum Gasteiger partial charge on any atom is 0.235 e. The molecule has 1 N–H and O–H groups in total. The van der Waals surface area contributed by atoms with Crippen LogP contribution in [0.3, 0.4) is 0 Å². The van der Waals surface area contributed by atoms with E-state index in [2.05, 4.69) is 39.6 Å². The lowest BCUT2D eigenvalue weighted by Gasteiger charge is -2.51. The Kier molecular flexibility index (Phi) is 4.42. The third-order valence-electron chi connectivity index (χ3n) is 8.00. The lowest BCUT2D eigenvalue weighted by Crippen LogP contribution is -2.51. The van der Waals surface area contributed by atoms with Crippen LogP contribution in [0.15, 0.2) is 24.3 Å². The smallest absolute Gasteiger partial charge is 0.235 e. The summed E-state index contributed by atoms with van der Waals surface area (Å²) in [5.41, 5.74) is 5.89. The number of para-hydroxylation sites is 1. The summed E-state index contributed by atoms with van der Waals surface area (Å²) in [5, 5.41) is 2.09. The van der Waals surface area contributed by atoms with Crippen LogP contribution in [0.2, 0.25) is 0 Å². The van der Waals surface area contributed by atoms with Gasteiger partial charge in [0.15, 0.2) is 0 Å². The molecule has 27 heavy (non-hydrogen) atoms. The topological polar surface area (TPSA) is 35.6 Å². The summed E-state index contributed by atoms with van der Waals surface area (Å²) < 4.78 is 0. The van der Waals surface area contributed by atoms with Crippen LogP contribution in [0.25, 0.3) is 0 Å². The van der Waals surface area contributed by atoms with Crippen molar-refractivity contribution in [3.05, 3.63) is 29.8 Å². The zero-order valence-corrected chi connectivity index (χ0v) is 16.6. The monoisotopic (exact) mass is 367 g/mol. The van der Waals surface area contributed by atoms with Crippen LogP contribution in [0.5, 0.6) is 0 Å². The van der Waals surface area contributed by atoms with Crippen LogP contribution in [-0.2, 0) is 10.2 Å². The van der Waals surface area contributed by atoms with Crippen LogP contribution in [-0.4, -0.2) is 37.0 Å². The number of benzene rings is 1. The first-order valence-electron chi connectivity index (χ1n) is 11.0. The van der Waals surface area contributed by atoms with Crippen molar-refractivity contribution in [1.82, 2.24) is 10.3 Å². The number of hydrogen-bond donors (Lipinski definition) is 1. The lowest BCUT2D eigenvalue weighted by molar-refractivity contribution is -0.119. The number of carbonyl (C=O) groups excluding carboxylic acids is 1. The SMILES string of the molecule is CC(=O)NN1CC2(CCN(C[C@H]3CC4CCCC[C@@H]43)CC2)c2ccccc21. The van der Waals surface area contributed by atoms with Crippen LogP contribution >= 0.6 is 0 Å². The van der Waals surface area contributed by atoms with Gasteiger partial charge in [-0.15, -0.1) is 0 Å². The van der Waals surface area contributed by atoms with Crippen molar-refractivity contribution in [2.24, 2.45) is 17.8 Å². The quantitative estimate of drug-likeness (QED) is 0.884. The molecule has 1 amide bonds. The van der Waals surface area contributed by atoms with E-state index in [9.17, 15) is 4.79 Å². The Morgan fingerprint density at radius 1 is 1.19 bits per heavy atom. The van der Waals surface area contributed by atoms with Gasteiger partial charge in [-0.2, -0.15) is 0 Å². The highest BCUT2D eigenvalue weighted by molar-refractivity contribution is 5.77. The summed E-state index contributed by atoms with van der Waals surface area (Å²) in [6, 6.07) is 8.68. The molecule has 1 spiro atoms. The van der Waals surface area contributed by atoms with Crippen molar-refractivity contribution in [3.8, 4) is 0 Å². The van der Waals surface area contributed by atoms with Crippen molar-refractivity contribution in [1.29, 1.82) is 0 Å². The Labute approximate surface area is 163 Å². The maximum atomic E-state index is 11.6. The minimum Gasteiger partial charge on any atom is -0.303 e. The molecule has 4 nitrogen and oxygen atoms in total. The fraction of sp³-hybridized carbons (Fsp3) is 0.696. The largest absolute Gasteiger partial charge is 0.303 e. The van der Waals surface area contributed by atoms with Gasteiger partial charge in [0.05, 0.1) is 5.69 Å². The molecule has 1 saturated heterocycles. The molecule has 1 unspecified atom stereocenters. The molecule has 0 aromatic heterocycles. The highest BCUT2D eigenvalue weighted by Gasteiger charge is 2.47. The van der Waals surface area contributed by atoms with E-state index in [0.29, 0.717) is 0 Å². The normalized spacial score (nSPS) is 31.9. The first-order chi connectivity index (χ1) is 13.1. The maximum absolute atomic E-state index is 11.6. The van der Waals surface area contributed by atoms with Crippen molar-refractivity contribution >= 4 is 11.6 Å². The van der Waals surface area contributed by atoms with E-state index in [4.69, 9.17) is 0 Å². The summed E-state index contributed by atoms with van der Waals surface area (Å²) in [4.78, 5) is 14.4. The molecular formula is C23H33N3O. The number of carbonyl (C=O) groups is 1. The average Bonchev–Trinajstić information content (AvgIpc) is 2.94. The van der Waals surface area contributed by atoms with Gasteiger partial charge in [-0.25, -0.2) is 0 Å². The molecule has 4 heteroatoms. The van der Waals surface area contributed by atoms with E-state index in [1.807, 2.05) is 0 Å². The van der Waals surface area contributed by atoms with Crippen LogP contribution in [0, 0.1) is 17.8 Å². The molecule has 3 fully saturated rings. The van der Waals surface area contributed by atoms with Crippen molar-refractivity contribution in [3.63, 3.8) is 0 Å². The Morgan fingerprint density at radius 3 is 2.74 bits per heavy atom. The number of hydrogen-bond acceptors (Lipinski definition) is 3. The predicted octanol–water partition coefficient (Wildman–Crippen LogP) is 3.72. The van der Waals surface area contributed by atoms with Crippen LogP contribution in [0.1, 0.15) is 57.4 Å². The van der Waals surface area contributed by atoms with Gasteiger partial charge in [-0.1, -0.05) is 37.5 Å². The molecule has 5 rings (SSSR count). The third kappa shape index (κ3) is 3.06. The number of fused-ring (bicyclic) bond motifs is 3. The fourth-order valence-electron chi connectivity index (χ4n) is 6.57. The Morgan fingerprint density at radius 2 is 1.96 bits per heavy atom. The zero-order chi connectivity index (χ0) is 18.4. The first-order valence-corrected chi connectivity index (χ1v) is 11.0. The summed E-state index contributed by atoms with van der Waals surface area (Å²) in [5.74, 6) is 3.09. The minimum atomic E-state index is 0.0197. The molecule has 4 aliphatic rings. The number of anilines is 1. The van der Waals surface area contributed by atoms with Crippen molar-refractivity contribution in [2.75, 3.05) is 31.2 Å². The molecule has 0 bridgehead atoms. The number of hydrazine groups is 1. The van der Waals surface area contributed by atoms with Crippen LogP contribution in [0.4, 0.5) is 5.69 Å². The van der Waals surface area contributed by atoms with Gasteiger partial charge >= 0.3 is 0 Å². The van der Waals surface area contributed by atoms with Gasteiger partial charge in [-0.05, 0) is 68.2 Å². The van der Waals surface area contributed by atoms with E-state index >= 15 is 0 Å². The average molecular weight is 368 g/mol. The predicted molar refractivity (Wildman–Crippen MR) is 109 cm³/mol. The molecule has 3 atom stereocenters. The highest BCUT2D eigenvalue weighted by Crippen LogP contribution is 2.50. The van der Waals surface area contributed by atoms with Gasteiger partial charge < -0.3 is 4.90 Å². The van der Waals surface area contributed by atoms with Gasteiger partial charge in [0.2, 0.25) is 5.91 Å². The van der Waals surface area contributed by atoms with Gasteiger partial charge in [-0.3, -0.25) is 15.2 Å². The van der Waals surface area contributed by atoms with Gasteiger partial charge in [0.1, 0.15) is 0 Å². The number of likely N-dealkylation sites (tertiary alicyclic amines) is 1. The Balaban J connectivity index is 1.24. The van der Waals surface area contributed by atoms with Crippen LogP contribution < -0.4 is 10.4 Å². The fourth-order valence-corrected chi connectivity index (χ4v) is 6.57. The number of nitrogens with one attached hydrogen (secondary N) is 1. The third-order valence-corrected chi connectivity index (χ3v) is 8.00. The first kappa shape index (κ1) is 17.5. The summed E-state index contributed by atoms with van der Waals surface area (Å²) in [7, 11) is 0. The summed E-state index contributed by atoms with van der Waals surface area (Å²) >= 11 is 0. The van der Waals surface area contributed by atoms with Gasteiger partial charge in [0, 0.05) is 25.4 Å². The standard InChI is InChI=1S/C23H33N3O/c1-17(27)24-26-16-23(21-8-4-5-9-22(21)26)10-12-25(13-11-23)15-19-14-18-6-2-3-7-20(18)19/h4-5,8-9,18-20H,2-3,6-7,10-16H2,1H3,(H,24,27)/t18?,19-,20+/m1/s1. The number of nitrogens with zero attached hydrogens (tertiary/aromatic N) is 2. The van der Waals surface area contributed by atoms with E-state index in [1.54, 1.807) is 6.92 Å². The molecule has 1 aromatic carbocycles. The van der Waals surface area contributed by atoms with E-state index in [1.165, 1.54) is 75.8 Å². The Hall–Kier alpha value is -1.55. The van der Waals surface area contributed by atoms with Gasteiger partial charge in [0.25, 0.3) is 0 Å². The minimum absolute atomic E-state index is 0.0197. The number of piperidine rings is 1. The molecule has 1 aromatic rings. The highest BCUT2D eigenvalue weighted by atomic mass is 16.2. The summed E-state index contributed by atoms with van der Waals surface area (Å²) in [6.45, 7) is 6.27. The second-order valence-electron chi connectivity index (χ2n) is 9.56. The molecule has 0 radical (unpaired) electrons. The molecule has 146 valence electrons. The molecule has 2 aliphatic heterocycles. The second kappa shape index (κ2) is 6.80. The van der Waals surface area contributed by atoms with E-state index in [-0.39, 0.29) is 11.3 Å². The number of rotatable bonds is 3. The van der Waals surface area contributed by atoms with E-state index < -0.39 is 0 Å². The zero-order valence-electron chi connectivity index (χ0n) is 16.6. The van der Waals surface area contributed by atoms with Crippen molar-refractivity contribution < 1.29 is 4.79 Å².